The Labute approximate surface area is 184 Å². The molecular weight excluding hydrogens is 394 g/mol. The number of para-hydroxylation sites is 1. The molecule has 1 aromatic carbocycles. The standard InChI is InChI=1S/C23H35N5OS/c1-4-18-16-26-22(30-18)12-13-25-23(24-2)27-17-20(28-14-8-5-9-15-28)19-10-6-7-11-21(19)29-3/h6-7,10-11,16,20H,4-5,8-9,12-15,17H2,1-3H3,(H2,24,25,27). The second kappa shape index (κ2) is 11.9. The third kappa shape index (κ3) is 6.19. The van der Waals surface area contributed by atoms with Crippen LogP contribution in [0.5, 0.6) is 5.75 Å². The number of aliphatic imine (C=N–C) groups is 1. The summed E-state index contributed by atoms with van der Waals surface area (Å²) in [5.74, 6) is 1.78. The predicted molar refractivity (Wildman–Crippen MR) is 126 cm³/mol. The van der Waals surface area contributed by atoms with Gasteiger partial charge < -0.3 is 15.4 Å². The number of likely N-dealkylation sites (tertiary alicyclic amines) is 1. The third-order valence-corrected chi connectivity index (χ3v) is 6.80. The fraction of sp³-hybridized carbons (Fsp3) is 0.565. The normalized spacial score (nSPS) is 16.3. The minimum atomic E-state index is 0.256. The first-order valence-corrected chi connectivity index (χ1v) is 11.8. The fourth-order valence-electron chi connectivity index (χ4n) is 3.94. The van der Waals surface area contributed by atoms with Crippen molar-refractivity contribution in [2.45, 2.75) is 45.1 Å². The molecule has 1 aromatic heterocycles. The SMILES string of the molecule is CCc1cnc(CCNC(=NC)NCC(c2ccccc2OC)N2CCCCC2)s1. The van der Waals surface area contributed by atoms with Gasteiger partial charge in [-0.15, -0.1) is 11.3 Å². The molecule has 0 spiro atoms. The molecule has 0 aliphatic carbocycles. The van der Waals surface area contributed by atoms with Gasteiger partial charge >= 0.3 is 0 Å². The summed E-state index contributed by atoms with van der Waals surface area (Å²) in [5.41, 5.74) is 1.24. The lowest BCUT2D eigenvalue weighted by molar-refractivity contribution is 0.161. The van der Waals surface area contributed by atoms with Crippen molar-refractivity contribution < 1.29 is 4.74 Å². The van der Waals surface area contributed by atoms with Gasteiger partial charge in [-0.2, -0.15) is 0 Å². The molecule has 2 aromatic rings. The average molecular weight is 430 g/mol. The molecule has 2 N–H and O–H groups in total. The van der Waals surface area contributed by atoms with Crippen LogP contribution < -0.4 is 15.4 Å². The summed E-state index contributed by atoms with van der Waals surface area (Å²) >= 11 is 1.80. The first-order valence-electron chi connectivity index (χ1n) is 11.0. The predicted octanol–water partition coefficient (Wildman–Crippen LogP) is 3.65. The number of guanidine groups is 1. The number of thiazole rings is 1. The Bertz CT molecular complexity index is 800. The Morgan fingerprint density at radius 3 is 2.73 bits per heavy atom. The zero-order valence-corrected chi connectivity index (χ0v) is 19.3. The number of hydrogen-bond acceptors (Lipinski definition) is 5. The molecular formula is C23H35N5OS. The minimum absolute atomic E-state index is 0.256. The number of piperidine rings is 1. The Morgan fingerprint density at radius 1 is 1.23 bits per heavy atom. The van der Waals surface area contributed by atoms with E-state index in [0.29, 0.717) is 0 Å². The van der Waals surface area contributed by atoms with Gasteiger partial charge in [-0.25, -0.2) is 4.98 Å². The number of nitrogens with one attached hydrogen (secondary N) is 2. The van der Waals surface area contributed by atoms with E-state index < -0.39 is 0 Å². The van der Waals surface area contributed by atoms with Crippen LogP contribution >= 0.6 is 11.3 Å². The molecule has 7 heteroatoms. The Morgan fingerprint density at radius 2 is 2.03 bits per heavy atom. The number of hydrogen-bond donors (Lipinski definition) is 2. The van der Waals surface area contributed by atoms with E-state index in [1.54, 1.807) is 18.4 Å². The lowest BCUT2D eigenvalue weighted by Gasteiger charge is -2.35. The fourth-order valence-corrected chi connectivity index (χ4v) is 4.80. The number of aryl methyl sites for hydroxylation is 1. The number of nitrogens with zero attached hydrogens (tertiary/aromatic N) is 3. The molecule has 1 aliphatic heterocycles. The van der Waals surface area contributed by atoms with Gasteiger partial charge in [0.05, 0.1) is 18.2 Å². The van der Waals surface area contributed by atoms with Crippen molar-refractivity contribution in [2.75, 3.05) is 40.3 Å². The molecule has 2 heterocycles. The maximum atomic E-state index is 5.67. The van der Waals surface area contributed by atoms with E-state index in [-0.39, 0.29) is 6.04 Å². The smallest absolute Gasteiger partial charge is 0.191 e. The van der Waals surface area contributed by atoms with E-state index in [2.05, 4.69) is 50.6 Å². The average Bonchev–Trinajstić information content (AvgIpc) is 3.27. The van der Waals surface area contributed by atoms with Gasteiger partial charge in [-0.05, 0) is 38.4 Å². The van der Waals surface area contributed by atoms with E-state index >= 15 is 0 Å². The van der Waals surface area contributed by atoms with Gasteiger partial charge in [0.25, 0.3) is 0 Å². The first kappa shape index (κ1) is 22.6. The third-order valence-electron chi connectivity index (χ3n) is 5.60. The van der Waals surface area contributed by atoms with Crippen molar-refractivity contribution in [1.29, 1.82) is 0 Å². The highest BCUT2D eigenvalue weighted by molar-refractivity contribution is 7.11. The number of methoxy groups -OCH3 is 1. The molecule has 1 unspecified atom stereocenters. The van der Waals surface area contributed by atoms with Crippen LogP contribution in [0.4, 0.5) is 0 Å². The Balaban J connectivity index is 1.60. The van der Waals surface area contributed by atoms with Crippen molar-refractivity contribution in [2.24, 2.45) is 4.99 Å². The largest absolute Gasteiger partial charge is 0.496 e. The number of benzene rings is 1. The maximum Gasteiger partial charge on any atom is 0.191 e. The lowest BCUT2D eigenvalue weighted by atomic mass is 10.0. The van der Waals surface area contributed by atoms with E-state index in [4.69, 9.17) is 4.74 Å². The zero-order valence-electron chi connectivity index (χ0n) is 18.5. The van der Waals surface area contributed by atoms with Gasteiger partial charge in [0.2, 0.25) is 0 Å². The first-order chi connectivity index (χ1) is 14.7. The van der Waals surface area contributed by atoms with E-state index in [9.17, 15) is 0 Å². The van der Waals surface area contributed by atoms with Crippen LogP contribution in [0.3, 0.4) is 0 Å². The van der Waals surface area contributed by atoms with Crippen molar-refractivity contribution >= 4 is 17.3 Å². The van der Waals surface area contributed by atoms with Crippen LogP contribution in [0, 0.1) is 0 Å². The number of ether oxygens (including phenoxy) is 1. The van der Waals surface area contributed by atoms with Gasteiger partial charge in [0.15, 0.2) is 5.96 Å². The highest BCUT2D eigenvalue weighted by atomic mass is 32.1. The van der Waals surface area contributed by atoms with Crippen LogP contribution in [0.1, 0.15) is 47.7 Å². The molecule has 0 bridgehead atoms. The Kier molecular flexibility index (Phi) is 8.96. The number of rotatable bonds is 9. The molecule has 1 fully saturated rings. The molecule has 0 amide bonds. The molecule has 1 aliphatic rings. The second-order valence-electron chi connectivity index (χ2n) is 7.56. The van der Waals surface area contributed by atoms with Crippen LogP contribution in [0.2, 0.25) is 0 Å². The lowest BCUT2D eigenvalue weighted by Crippen LogP contribution is -2.45. The summed E-state index contributed by atoms with van der Waals surface area (Å²) in [7, 11) is 3.58. The molecule has 6 nitrogen and oxygen atoms in total. The van der Waals surface area contributed by atoms with E-state index in [1.807, 2.05) is 19.3 Å². The van der Waals surface area contributed by atoms with Crippen LogP contribution in [-0.4, -0.2) is 56.2 Å². The van der Waals surface area contributed by atoms with Gasteiger partial charge in [-0.3, -0.25) is 9.89 Å². The van der Waals surface area contributed by atoms with Crippen molar-refractivity contribution in [1.82, 2.24) is 20.5 Å². The summed E-state index contributed by atoms with van der Waals surface area (Å²) in [4.78, 5) is 12.8. The quantitative estimate of drug-likeness (QED) is 0.471. The van der Waals surface area contributed by atoms with Gasteiger partial charge in [0.1, 0.15) is 5.75 Å². The van der Waals surface area contributed by atoms with Crippen LogP contribution in [0.25, 0.3) is 0 Å². The van der Waals surface area contributed by atoms with Gasteiger partial charge in [0, 0.05) is 43.2 Å². The summed E-state index contributed by atoms with van der Waals surface area (Å²) in [5, 5.41) is 8.16. The van der Waals surface area contributed by atoms with Crippen molar-refractivity contribution in [3.8, 4) is 5.75 Å². The number of aromatic nitrogens is 1. The zero-order chi connectivity index (χ0) is 21.2. The molecule has 0 radical (unpaired) electrons. The monoisotopic (exact) mass is 429 g/mol. The summed E-state index contributed by atoms with van der Waals surface area (Å²) in [6, 6.07) is 8.62. The summed E-state index contributed by atoms with van der Waals surface area (Å²) in [6.07, 6.45) is 7.78. The highest BCUT2D eigenvalue weighted by Crippen LogP contribution is 2.30. The van der Waals surface area contributed by atoms with E-state index in [0.717, 1.165) is 50.7 Å². The summed E-state index contributed by atoms with van der Waals surface area (Å²) in [6.45, 7) is 6.03. The van der Waals surface area contributed by atoms with E-state index in [1.165, 1.54) is 34.7 Å². The topological polar surface area (TPSA) is 61.8 Å². The van der Waals surface area contributed by atoms with Crippen LogP contribution in [-0.2, 0) is 12.8 Å². The Hall–Kier alpha value is -2.12. The molecule has 3 rings (SSSR count). The molecule has 30 heavy (non-hydrogen) atoms. The van der Waals surface area contributed by atoms with Crippen molar-refractivity contribution in [3.63, 3.8) is 0 Å². The molecule has 1 saturated heterocycles. The highest BCUT2D eigenvalue weighted by Gasteiger charge is 2.25. The van der Waals surface area contributed by atoms with Crippen LogP contribution in [0.15, 0.2) is 35.5 Å². The molecule has 1 atom stereocenters. The van der Waals surface area contributed by atoms with Crippen molar-refractivity contribution in [3.05, 3.63) is 45.9 Å². The maximum absolute atomic E-state index is 5.67. The molecule has 0 saturated carbocycles. The summed E-state index contributed by atoms with van der Waals surface area (Å²) < 4.78 is 5.67. The minimum Gasteiger partial charge on any atom is -0.496 e. The second-order valence-corrected chi connectivity index (χ2v) is 8.76. The van der Waals surface area contributed by atoms with Gasteiger partial charge in [-0.1, -0.05) is 31.5 Å². The molecule has 164 valence electrons.